The third-order valence-electron chi connectivity index (χ3n) is 19.7. The van der Waals surface area contributed by atoms with E-state index in [0.717, 1.165) is 19.3 Å². The summed E-state index contributed by atoms with van der Waals surface area (Å²) in [6.45, 7) is 2.84. The highest BCUT2D eigenvalue weighted by atomic mass is 19.3. The molecule has 5 saturated heterocycles. The molecule has 7 aliphatic carbocycles. The van der Waals surface area contributed by atoms with Crippen molar-refractivity contribution in [3.8, 4) is 0 Å². The monoisotopic (exact) mass is 1570 g/mol. The summed E-state index contributed by atoms with van der Waals surface area (Å²) in [5.41, 5.74) is -1.27. The Bertz CT molecular complexity index is 3410. The molecule has 0 amide bonds. The molecule has 0 N–H and O–H groups in total. The zero-order valence-electron chi connectivity index (χ0n) is 58.1. The summed E-state index contributed by atoms with van der Waals surface area (Å²) in [5, 5.41) is 0. The summed E-state index contributed by atoms with van der Waals surface area (Å²) in [6, 6.07) is 0. The van der Waals surface area contributed by atoms with E-state index in [1.54, 1.807) is 0 Å². The lowest BCUT2D eigenvalue weighted by molar-refractivity contribution is -0.182. The van der Waals surface area contributed by atoms with Crippen LogP contribution in [0.5, 0.6) is 0 Å². The molecule has 0 aromatic carbocycles. The first-order chi connectivity index (χ1) is 49.0. The van der Waals surface area contributed by atoms with Gasteiger partial charge in [0.05, 0.1) is 41.6 Å². The van der Waals surface area contributed by atoms with E-state index in [-0.39, 0.29) is 105 Å². The van der Waals surface area contributed by atoms with Gasteiger partial charge in [0.25, 0.3) is 0 Å². The molecule has 8 bridgehead atoms. The second kappa shape index (κ2) is 34.5. The maximum atomic E-state index is 12.8. The second-order valence-corrected chi connectivity index (χ2v) is 28.9. The van der Waals surface area contributed by atoms with E-state index in [2.05, 4.69) is 33.2 Å². The van der Waals surface area contributed by atoms with Gasteiger partial charge >= 0.3 is 119 Å². The highest BCUT2D eigenvalue weighted by molar-refractivity contribution is 5.85. The first kappa shape index (κ1) is 88.3. The van der Waals surface area contributed by atoms with Gasteiger partial charge in [-0.15, -0.1) is 0 Å². The number of esters is 15. The summed E-state index contributed by atoms with van der Waals surface area (Å²) in [4.78, 5) is 170. The maximum Gasteiger partial charge on any atom is 0.377 e. The second-order valence-electron chi connectivity index (χ2n) is 28.9. The Kier molecular flexibility index (Phi) is 28.2. The van der Waals surface area contributed by atoms with Crippen molar-refractivity contribution < 1.29 is 187 Å². The Labute approximate surface area is 610 Å². The highest BCUT2D eigenvalue weighted by Gasteiger charge is 2.66. The predicted octanol–water partition coefficient (Wildman–Crippen LogP) is 6.22. The number of hydrogen-bond acceptors (Lipinski definition) is 30. The smallest absolute Gasteiger partial charge is 0.377 e. The molecule has 12 fully saturated rings. The van der Waals surface area contributed by atoms with Crippen molar-refractivity contribution in [3.63, 3.8) is 0 Å². The lowest BCUT2D eigenvalue weighted by Crippen LogP contribution is -2.42. The molecular weight excluding hydrogens is 1490 g/mol. The van der Waals surface area contributed by atoms with Gasteiger partial charge in [-0.3, -0.25) is 28.8 Å². The molecule has 40 heteroatoms. The Hall–Kier alpha value is -8.65. The average molecular weight is 1570 g/mol. The van der Waals surface area contributed by atoms with Crippen LogP contribution in [0.3, 0.4) is 0 Å². The van der Waals surface area contributed by atoms with E-state index in [1.807, 2.05) is 0 Å². The van der Waals surface area contributed by atoms with Crippen molar-refractivity contribution in [2.75, 3.05) is 39.6 Å². The van der Waals surface area contributed by atoms with Crippen LogP contribution in [-0.2, 0) is 143 Å². The van der Waals surface area contributed by atoms with Crippen LogP contribution in [0.15, 0.2) is 0 Å². The lowest BCUT2D eigenvalue weighted by Gasteiger charge is -2.30. The number of ether oxygens (including phenoxy) is 15. The third-order valence-corrected chi connectivity index (χ3v) is 19.7. The molecule has 108 heavy (non-hydrogen) atoms. The average Bonchev–Trinajstić information content (AvgIpc) is 1.59. The molecule has 20 atom stereocenters. The molecule has 5 aliphatic heterocycles. The fraction of sp³-hybridized carbons (Fsp3) is 0.779. The zero-order valence-corrected chi connectivity index (χ0v) is 58.1. The van der Waals surface area contributed by atoms with Crippen LogP contribution >= 0.6 is 0 Å². The zero-order chi connectivity index (χ0) is 78.8. The van der Waals surface area contributed by atoms with E-state index in [4.69, 9.17) is 37.9 Å². The molecule has 0 aromatic rings. The molecule has 0 aromatic heterocycles. The van der Waals surface area contributed by atoms with Crippen molar-refractivity contribution in [2.24, 2.45) is 70.5 Å². The summed E-state index contributed by atoms with van der Waals surface area (Å²) >= 11 is 0. The van der Waals surface area contributed by atoms with Gasteiger partial charge in [-0.2, -0.15) is 43.9 Å². The number of halogens is 10. The van der Waals surface area contributed by atoms with Gasteiger partial charge in [-0.1, -0.05) is 14.9 Å². The molecule has 20 unspecified atom stereocenters. The highest BCUT2D eigenvalue weighted by Crippen LogP contribution is 2.58. The molecule has 30 nitrogen and oxygen atoms in total. The summed E-state index contributed by atoms with van der Waals surface area (Å²) < 4.78 is 198. The number of carbonyl (C=O) groups is 15. The Morgan fingerprint density at radius 2 is 0.796 bits per heavy atom. The van der Waals surface area contributed by atoms with Crippen LogP contribution in [0.1, 0.15) is 141 Å². The largest absolute Gasteiger partial charge is 0.463 e. The number of hydrogen-bond donors (Lipinski definition) is 0. The van der Waals surface area contributed by atoms with Crippen LogP contribution < -0.4 is 0 Å². The molecule has 12 rings (SSSR count). The molecule has 608 valence electrons. The standard InChI is InChI=1S/C16H20F2O6.C15H18F2O6.C13H14F2O6.C12H14F2O6.C10H12F2O6.2CH4/c1-15(2,6-22-14(21)16(3,17)18)13(20)24-10-7-4-8-9(5-7)12(19)23-11(8)10;1-6(5-21-14(20)15(2,16)17)12(18)22-10-7-3-8-9(4-7)13(19)23-11(8)10;1-13(14,15)12(18)19-4-8(16)20-9-5-2-6-7(3-5)11(17)21-10(6)9;1-12(13,14)11(17)18-5-9(15)19-7-3-2-6-4-8(7)20-10(6)16;1-10(11,12)9(15)17-5-7(13)18-6-3-2-4-16-8(6)14;;/h7-11H,4-6H2,1-3H3;6-11H,3-5H2,1-2H3;5-7,9-10H,2-4H2,1H3;6-8H,2-5H2,1H3;6H,2-5H2,1H3;2*1H4. The predicted molar refractivity (Wildman–Crippen MR) is 330 cm³/mol. The number of cyclic esters (lactones) is 1. The Morgan fingerprint density at radius 1 is 0.417 bits per heavy atom. The number of carbonyl (C=O) groups excluding carboxylic acids is 15. The minimum absolute atomic E-state index is 0. The molecule has 5 heterocycles. The molecule has 12 aliphatic rings. The van der Waals surface area contributed by atoms with E-state index < -0.39 is 195 Å². The topological polar surface area (TPSA) is 394 Å². The van der Waals surface area contributed by atoms with Gasteiger partial charge in [0.15, 0.2) is 25.9 Å². The Balaban J connectivity index is 0.000000211. The fourth-order valence-corrected chi connectivity index (χ4v) is 14.5. The van der Waals surface area contributed by atoms with Crippen LogP contribution in [0.25, 0.3) is 0 Å². The minimum Gasteiger partial charge on any atom is -0.463 e. The van der Waals surface area contributed by atoms with E-state index in [9.17, 15) is 116 Å². The van der Waals surface area contributed by atoms with Crippen molar-refractivity contribution >= 4 is 89.5 Å². The van der Waals surface area contributed by atoms with Crippen molar-refractivity contribution in [3.05, 3.63) is 0 Å². The van der Waals surface area contributed by atoms with Gasteiger partial charge in [-0.05, 0) is 85.0 Å². The van der Waals surface area contributed by atoms with Gasteiger partial charge < -0.3 is 71.1 Å². The maximum absolute atomic E-state index is 12.8. The van der Waals surface area contributed by atoms with Crippen LogP contribution in [0, 0.1) is 70.5 Å². The van der Waals surface area contributed by atoms with Crippen molar-refractivity contribution in [1.82, 2.24) is 0 Å². The van der Waals surface area contributed by atoms with Crippen molar-refractivity contribution in [1.29, 1.82) is 0 Å². The Morgan fingerprint density at radius 3 is 1.21 bits per heavy atom. The van der Waals surface area contributed by atoms with Crippen LogP contribution in [0.4, 0.5) is 43.9 Å². The van der Waals surface area contributed by atoms with E-state index in [0.29, 0.717) is 86.0 Å². The number of rotatable bonds is 22. The van der Waals surface area contributed by atoms with Gasteiger partial charge in [0.2, 0.25) is 0 Å². The minimum atomic E-state index is -3.68. The van der Waals surface area contributed by atoms with Crippen LogP contribution in [-0.4, -0.2) is 214 Å². The first-order valence-electron chi connectivity index (χ1n) is 33.8. The van der Waals surface area contributed by atoms with Gasteiger partial charge in [0, 0.05) is 76.5 Å². The number of fused-ring (bicyclic) bond motifs is 5. The third kappa shape index (κ3) is 21.4. The van der Waals surface area contributed by atoms with Gasteiger partial charge in [-0.25, -0.2) is 43.2 Å². The first-order valence-corrected chi connectivity index (χ1v) is 33.8. The molecule has 0 spiro atoms. The normalized spacial score (nSPS) is 31.0. The van der Waals surface area contributed by atoms with E-state index in [1.165, 1.54) is 20.8 Å². The summed E-state index contributed by atoms with van der Waals surface area (Å²) in [7, 11) is 0. The molecule has 0 radical (unpaired) electrons. The molecule has 7 saturated carbocycles. The quantitative estimate of drug-likeness (QED) is 0.0659. The summed E-state index contributed by atoms with van der Waals surface area (Å²) in [6.07, 6.45) is 1.62. The van der Waals surface area contributed by atoms with Crippen molar-refractivity contribution in [2.45, 2.75) is 225 Å². The summed E-state index contributed by atoms with van der Waals surface area (Å²) in [5.74, 6) is -33.7. The van der Waals surface area contributed by atoms with E-state index >= 15 is 0 Å². The number of alkyl halides is 10. The van der Waals surface area contributed by atoms with Crippen LogP contribution in [0.2, 0.25) is 0 Å². The van der Waals surface area contributed by atoms with Gasteiger partial charge in [0.1, 0.15) is 62.0 Å². The fourth-order valence-electron chi connectivity index (χ4n) is 14.5. The lowest BCUT2D eigenvalue weighted by atomic mass is 9.87. The SMILES string of the molecule is C.C.CC(COC(=O)C(C)(F)F)C(=O)OC1C2CC3C(=O)OC1C3C2.CC(F)(F)C(=O)OCC(=O)OC1C2CC3C(=O)OC1C3C2.CC(F)(F)C(=O)OCC(=O)OC1CCC2CC1OC2=O.CC(F)(F)C(=O)OCC(=O)OC1CCCOC1=O.CC(F)(F)C(=O)OCC(C)(C)C(=O)OC1C2CC3C(=O)OC1C3C2. The molecular formula is C68H86F10O30.